The number of rotatable bonds is 7. The van der Waals surface area contributed by atoms with Gasteiger partial charge in [-0.2, -0.15) is 0 Å². The average Bonchev–Trinajstić information content (AvgIpc) is 2.82. The summed E-state index contributed by atoms with van der Waals surface area (Å²) in [5, 5.41) is 6.64. The van der Waals surface area contributed by atoms with Gasteiger partial charge < -0.3 is 10.6 Å². The maximum Gasteiger partial charge on any atom is 0.236 e. The van der Waals surface area contributed by atoms with Crippen LogP contribution in [-0.4, -0.2) is 24.5 Å². The van der Waals surface area contributed by atoms with Crippen LogP contribution in [-0.2, 0) is 4.79 Å². The van der Waals surface area contributed by atoms with E-state index in [1.165, 1.54) is 32.1 Å². The standard InChI is InChI=1S/C16H28N2O/c1-3-4-5-8-17-16(19)10(2)18-15-13-11-6-7-12(9-11)14(13)15/h10-15,18H,3-9H2,1-2H3,(H,17,19). The Bertz CT molecular complexity index is 328. The maximum absolute atomic E-state index is 12.0. The van der Waals surface area contributed by atoms with Gasteiger partial charge in [-0.1, -0.05) is 19.8 Å². The Morgan fingerprint density at radius 2 is 1.89 bits per heavy atom. The van der Waals surface area contributed by atoms with Crippen molar-refractivity contribution in [2.75, 3.05) is 6.54 Å². The van der Waals surface area contributed by atoms with Crippen LogP contribution < -0.4 is 10.6 Å². The molecule has 0 aliphatic heterocycles. The Hall–Kier alpha value is -0.570. The van der Waals surface area contributed by atoms with Gasteiger partial charge in [0, 0.05) is 12.6 Å². The van der Waals surface area contributed by atoms with Gasteiger partial charge in [-0.25, -0.2) is 0 Å². The lowest BCUT2D eigenvalue weighted by atomic mass is 10.0. The number of carbonyl (C=O) groups excluding carboxylic acids is 1. The number of hydrogen-bond acceptors (Lipinski definition) is 2. The topological polar surface area (TPSA) is 41.1 Å². The average molecular weight is 264 g/mol. The third kappa shape index (κ3) is 2.54. The number of unbranched alkanes of at least 4 members (excludes halogenated alkanes) is 2. The molecule has 0 heterocycles. The summed E-state index contributed by atoms with van der Waals surface area (Å²) in [6.45, 7) is 5.04. The summed E-state index contributed by atoms with van der Waals surface area (Å²) < 4.78 is 0. The number of nitrogens with one attached hydrogen (secondary N) is 2. The zero-order valence-corrected chi connectivity index (χ0v) is 12.3. The molecule has 108 valence electrons. The SMILES string of the molecule is CCCCCNC(=O)C(C)NC1C2C3CCC(C3)C12. The van der Waals surface area contributed by atoms with Crippen molar-refractivity contribution in [2.24, 2.45) is 23.7 Å². The summed E-state index contributed by atoms with van der Waals surface area (Å²) in [7, 11) is 0. The maximum atomic E-state index is 12.0. The second-order valence-electron chi connectivity index (χ2n) is 6.90. The van der Waals surface area contributed by atoms with E-state index in [-0.39, 0.29) is 11.9 Å². The highest BCUT2D eigenvalue weighted by molar-refractivity contribution is 5.81. The molecule has 1 amide bonds. The van der Waals surface area contributed by atoms with Gasteiger partial charge in [-0.15, -0.1) is 0 Å². The molecule has 2 bridgehead atoms. The third-order valence-electron chi connectivity index (χ3n) is 5.65. The molecule has 0 radical (unpaired) electrons. The van der Waals surface area contributed by atoms with Crippen molar-refractivity contribution in [3.63, 3.8) is 0 Å². The fraction of sp³-hybridized carbons (Fsp3) is 0.938. The number of amides is 1. The van der Waals surface area contributed by atoms with Crippen LogP contribution >= 0.6 is 0 Å². The van der Waals surface area contributed by atoms with Crippen LogP contribution in [0.1, 0.15) is 52.4 Å². The molecule has 0 saturated heterocycles. The molecule has 3 fully saturated rings. The highest BCUT2D eigenvalue weighted by Gasteiger charge is 2.65. The zero-order valence-electron chi connectivity index (χ0n) is 12.3. The summed E-state index contributed by atoms with van der Waals surface area (Å²) in [4.78, 5) is 12.0. The van der Waals surface area contributed by atoms with E-state index >= 15 is 0 Å². The van der Waals surface area contributed by atoms with Gasteiger partial charge in [0.1, 0.15) is 0 Å². The second-order valence-corrected chi connectivity index (χ2v) is 6.90. The Morgan fingerprint density at radius 1 is 1.21 bits per heavy atom. The molecule has 3 rings (SSSR count). The Kier molecular flexibility index (Phi) is 3.84. The lowest BCUT2D eigenvalue weighted by molar-refractivity contribution is -0.122. The first kappa shape index (κ1) is 13.4. The van der Waals surface area contributed by atoms with Crippen molar-refractivity contribution >= 4 is 5.91 Å². The summed E-state index contributed by atoms with van der Waals surface area (Å²) in [6.07, 6.45) is 7.89. The van der Waals surface area contributed by atoms with Gasteiger partial charge in [0.15, 0.2) is 0 Å². The first-order valence-electron chi connectivity index (χ1n) is 8.26. The van der Waals surface area contributed by atoms with Crippen molar-refractivity contribution in [3.05, 3.63) is 0 Å². The minimum atomic E-state index is -0.0170. The molecule has 3 aliphatic rings. The van der Waals surface area contributed by atoms with Crippen molar-refractivity contribution in [1.29, 1.82) is 0 Å². The van der Waals surface area contributed by atoms with Crippen LogP contribution in [0.2, 0.25) is 0 Å². The smallest absolute Gasteiger partial charge is 0.236 e. The molecule has 5 atom stereocenters. The molecule has 3 saturated carbocycles. The van der Waals surface area contributed by atoms with E-state index in [1.807, 2.05) is 6.92 Å². The van der Waals surface area contributed by atoms with Crippen molar-refractivity contribution in [1.82, 2.24) is 10.6 Å². The molecule has 19 heavy (non-hydrogen) atoms. The Morgan fingerprint density at radius 3 is 2.53 bits per heavy atom. The van der Waals surface area contributed by atoms with Gasteiger partial charge in [0.2, 0.25) is 5.91 Å². The number of carbonyl (C=O) groups is 1. The van der Waals surface area contributed by atoms with Gasteiger partial charge in [0.25, 0.3) is 0 Å². The third-order valence-corrected chi connectivity index (χ3v) is 5.65. The predicted molar refractivity (Wildman–Crippen MR) is 76.7 cm³/mol. The first-order valence-corrected chi connectivity index (χ1v) is 8.26. The van der Waals surface area contributed by atoms with Gasteiger partial charge in [-0.3, -0.25) is 4.79 Å². The van der Waals surface area contributed by atoms with Crippen molar-refractivity contribution in [3.8, 4) is 0 Å². The summed E-state index contributed by atoms with van der Waals surface area (Å²) in [6, 6.07) is 0.638. The quantitative estimate of drug-likeness (QED) is 0.693. The van der Waals surface area contributed by atoms with E-state index in [9.17, 15) is 4.79 Å². The molecule has 2 N–H and O–H groups in total. The molecule has 3 aliphatic carbocycles. The molecule has 5 unspecified atom stereocenters. The lowest BCUT2D eigenvalue weighted by Gasteiger charge is -2.16. The summed E-state index contributed by atoms with van der Waals surface area (Å²) >= 11 is 0. The zero-order chi connectivity index (χ0) is 13.4. The van der Waals surface area contributed by atoms with Gasteiger partial charge in [0.05, 0.1) is 6.04 Å². The summed E-state index contributed by atoms with van der Waals surface area (Å²) in [5.74, 6) is 3.97. The molecule has 3 nitrogen and oxygen atoms in total. The van der Waals surface area contributed by atoms with Crippen molar-refractivity contribution in [2.45, 2.75) is 64.5 Å². The fourth-order valence-electron chi connectivity index (χ4n) is 4.65. The molecule has 0 aromatic rings. The molecule has 0 aromatic carbocycles. The van der Waals surface area contributed by atoms with Gasteiger partial charge >= 0.3 is 0 Å². The lowest BCUT2D eigenvalue weighted by Crippen LogP contribution is -2.44. The molecule has 0 spiro atoms. The minimum Gasteiger partial charge on any atom is -0.355 e. The van der Waals surface area contributed by atoms with Crippen LogP contribution in [0.15, 0.2) is 0 Å². The van der Waals surface area contributed by atoms with Crippen LogP contribution in [0.5, 0.6) is 0 Å². The van der Waals surface area contributed by atoms with Crippen LogP contribution in [0.3, 0.4) is 0 Å². The van der Waals surface area contributed by atoms with Crippen LogP contribution in [0.25, 0.3) is 0 Å². The second kappa shape index (κ2) is 5.43. The van der Waals surface area contributed by atoms with E-state index in [2.05, 4.69) is 17.6 Å². The van der Waals surface area contributed by atoms with E-state index < -0.39 is 0 Å². The van der Waals surface area contributed by atoms with Gasteiger partial charge in [-0.05, 0) is 56.3 Å². The number of hydrogen-bond donors (Lipinski definition) is 2. The minimum absolute atomic E-state index is 0.0170. The largest absolute Gasteiger partial charge is 0.355 e. The normalized spacial score (nSPS) is 40.0. The Labute approximate surface area is 116 Å². The van der Waals surface area contributed by atoms with E-state index in [1.54, 1.807) is 0 Å². The molecule has 0 aromatic heterocycles. The molecular weight excluding hydrogens is 236 g/mol. The van der Waals surface area contributed by atoms with Crippen molar-refractivity contribution < 1.29 is 4.79 Å². The monoisotopic (exact) mass is 264 g/mol. The highest BCUT2D eigenvalue weighted by Crippen LogP contribution is 2.65. The highest BCUT2D eigenvalue weighted by atomic mass is 16.2. The number of fused-ring (bicyclic) bond motifs is 5. The van der Waals surface area contributed by atoms with E-state index in [0.717, 1.165) is 36.6 Å². The summed E-state index contributed by atoms with van der Waals surface area (Å²) in [5.41, 5.74) is 0. The first-order chi connectivity index (χ1) is 9.22. The van der Waals surface area contributed by atoms with E-state index in [4.69, 9.17) is 0 Å². The fourth-order valence-corrected chi connectivity index (χ4v) is 4.65. The Balaban J connectivity index is 1.38. The van der Waals surface area contributed by atoms with E-state index in [0.29, 0.717) is 6.04 Å². The van der Waals surface area contributed by atoms with Crippen LogP contribution in [0.4, 0.5) is 0 Å². The molecular formula is C16H28N2O. The van der Waals surface area contributed by atoms with Crippen LogP contribution in [0, 0.1) is 23.7 Å². The predicted octanol–water partition coefficient (Wildman–Crippen LogP) is 2.32. The molecule has 3 heteroatoms.